The Kier molecular flexibility index (Phi) is 5.75. The summed E-state index contributed by atoms with van der Waals surface area (Å²) >= 11 is 1.28. The van der Waals surface area contributed by atoms with Gasteiger partial charge < -0.3 is 5.32 Å². The number of hydrogen-bond donors (Lipinski definition) is 1. The molecule has 0 saturated heterocycles. The Hall–Kier alpha value is -3.66. The second-order valence-corrected chi connectivity index (χ2v) is 6.97. The molecule has 0 unspecified atom stereocenters. The minimum Gasteiger partial charge on any atom is -0.318 e. The summed E-state index contributed by atoms with van der Waals surface area (Å²) in [5, 5.41) is 11.0. The molecule has 0 aliphatic heterocycles. The van der Waals surface area contributed by atoms with Crippen LogP contribution in [-0.2, 0) is 5.75 Å². The molecule has 150 valence electrons. The van der Waals surface area contributed by atoms with E-state index in [1.807, 2.05) is 0 Å². The summed E-state index contributed by atoms with van der Waals surface area (Å²) in [6.07, 6.45) is 3.22. The molecule has 1 N–H and O–H groups in total. The normalized spacial score (nSPS) is 10.7. The van der Waals surface area contributed by atoms with E-state index < -0.39 is 17.5 Å². The lowest BCUT2D eigenvalue weighted by Gasteiger charge is -2.09. The molecule has 0 saturated carbocycles. The maximum atomic E-state index is 13.9. The van der Waals surface area contributed by atoms with Gasteiger partial charge in [-0.25, -0.2) is 23.4 Å². The first-order chi connectivity index (χ1) is 14.6. The van der Waals surface area contributed by atoms with Crippen molar-refractivity contribution in [2.75, 3.05) is 5.32 Å². The summed E-state index contributed by atoms with van der Waals surface area (Å²) in [5.74, 6) is -1.32. The number of amides is 1. The van der Waals surface area contributed by atoms with Crippen LogP contribution in [0.15, 0.2) is 72.1 Å². The third kappa shape index (κ3) is 4.33. The van der Waals surface area contributed by atoms with Crippen LogP contribution in [0.2, 0.25) is 0 Å². The fourth-order valence-corrected chi connectivity index (χ4v) is 3.43. The van der Waals surface area contributed by atoms with E-state index in [9.17, 15) is 13.6 Å². The number of nitrogens with one attached hydrogen (secondary N) is 1. The fraction of sp³-hybridized carbons (Fsp3) is 0.0500. The van der Waals surface area contributed by atoms with E-state index in [1.54, 1.807) is 24.5 Å². The Bertz CT molecular complexity index is 1170. The molecule has 2 aromatic carbocycles. The Morgan fingerprint density at radius 2 is 1.73 bits per heavy atom. The molecule has 4 rings (SSSR count). The lowest BCUT2D eigenvalue weighted by molar-refractivity contribution is 0.102. The quantitative estimate of drug-likeness (QED) is 0.374. The molecular weight excluding hydrogens is 410 g/mol. The van der Waals surface area contributed by atoms with Crippen LogP contribution >= 0.6 is 11.8 Å². The number of carbonyl (C=O) groups is 1. The van der Waals surface area contributed by atoms with Crippen molar-refractivity contribution in [2.45, 2.75) is 10.9 Å². The van der Waals surface area contributed by atoms with Gasteiger partial charge in [-0.3, -0.25) is 4.79 Å². The second kappa shape index (κ2) is 8.78. The largest absolute Gasteiger partial charge is 0.318 e. The third-order valence-electron chi connectivity index (χ3n) is 4.05. The minimum absolute atomic E-state index is 0.0195. The standard InChI is InChI=1S/C20H14F2N6OS/c21-13-6-8-14(9-7-13)28-17(12-30-20-23-10-3-11-24-20)18(26-27-28)19(29)25-16-5-2-1-4-15(16)22/h1-11H,12H2,(H,25,29). The summed E-state index contributed by atoms with van der Waals surface area (Å²) in [6, 6.07) is 13.1. The van der Waals surface area contributed by atoms with Gasteiger partial charge in [0.15, 0.2) is 10.9 Å². The van der Waals surface area contributed by atoms with Crippen LogP contribution < -0.4 is 5.32 Å². The van der Waals surface area contributed by atoms with Gasteiger partial charge >= 0.3 is 0 Å². The van der Waals surface area contributed by atoms with Gasteiger partial charge in [0.1, 0.15) is 11.6 Å². The molecule has 2 aromatic heterocycles. The number of hydrogen-bond acceptors (Lipinski definition) is 6. The van der Waals surface area contributed by atoms with E-state index in [0.717, 1.165) is 0 Å². The van der Waals surface area contributed by atoms with E-state index in [4.69, 9.17) is 0 Å². The number of thioether (sulfide) groups is 1. The van der Waals surface area contributed by atoms with Crippen LogP contribution in [0, 0.1) is 11.6 Å². The van der Waals surface area contributed by atoms with Crippen LogP contribution in [-0.4, -0.2) is 30.9 Å². The number of carbonyl (C=O) groups excluding carboxylic acids is 1. The molecule has 7 nitrogen and oxygen atoms in total. The van der Waals surface area contributed by atoms with E-state index >= 15 is 0 Å². The van der Waals surface area contributed by atoms with Gasteiger partial charge in [0.25, 0.3) is 5.91 Å². The van der Waals surface area contributed by atoms with Crippen molar-refractivity contribution in [1.82, 2.24) is 25.0 Å². The average molecular weight is 424 g/mol. The molecule has 0 bridgehead atoms. The van der Waals surface area contributed by atoms with Crippen molar-refractivity contribution >= 4 is 23.4 Å². The van der Waals surface area contributed by atoms with Crippen LogP contribution in [0.3, 0.4) is 0 Å². The summed E-state index contributed by atoms with van der Waals surface area (Å²) in [5.41, 5.74) is 1.01. The summed E-state index contributed by atoms with van der Waals surface area (Å²) in [4.78, 5) is 21.1. The highest BCUT2D eigenvalue weighted by atomic mass is 32.2. The Labute approximate surface area is 174 Å². The number of benzene rings is 2. The number of anilines is 1. The first kappa shape index (κ1) is 19.6. The number of aromatic nitrogens is 5. The highest BCUT2D eigenvalue weighted by Gasteiger charge is 2.22. The van der Waals surface area contributed by atoms with Crippen molar-refractivity contribution < 1.29 is 13.6 Å². The zero-order valence-corrected chi connectivity index (χ0v) is 16.2. The first-order valence-corrected chi connectivity index (χ1v) is 9.76. The topological polar surface area (TPSA) is 85.6 Å². The van der Waals surface area contributed by atoms with Crippen molar-refractivity contribution in [3.63, 3.8) is 0 Å². The predicted molar refractivity (Wildman–Crippen MR) is 107 cm³/mol. The molecule has 0 aliphatic rings. The van der Waals surface area contributed by atoms with Gasteiger partial charge in [-0.15, -0.1) is 5.10 Å². The Morgan fingerprint density at radius 1 is 1.00 bits per heavy atom. The average Bonchev–Trinajstić information content (AvgIpc) is 3.19. The van der Waals surface area contributed by atoms with Gasteiger partial charge in [-0.05, 0) is 42.5 Å². The second-order valence-electron chi connectivity index (χ2n) is 6.03. The van der Waals surface area contributed by atoms with Gasteiger partial charge in [0.05, 0.1) is 17.1 Å². The molecule has 0 atom stereocenters. The van der Waals surface area contributed by atoms with Crippen LogP contribution in [0.25, 0.3) is 5.69 Å². The van der Waals surface area contributed by atoms with Crippen molar-refractivity contribution in [1.29, 1.82) is 0 Å². The lowest BCUT2D eigenvalue weighted by atomic mass is 10.2. The molecule has 0 radical (unpaired) electrons. The van der Waals surface area contributed by atoms with Gasteiger partial charge in [-0.2, -0.15) is 0 Å². The van der Waals surface area contributed by atoms with E-state index in [1.165, 1.54) is 58.9 Å². The number of rotatable bonds is 6. The number of halogens is 2. The van der Waals surface area contributed by atoms with E-state index in [-0.39, 0.29) is 17.1 Å². The highest BCUT2D eigenvalue weighted by molar-refractivity contribution is 7.98. The molecule has 10 heteroatoms. The molecule has 1 amide bonds. The van der Waals surface area contributed by atoms with Gasteiger partial charge in [0, 0.05) is 18.1 Å². The molecule has 2 heterocycles. The predicted octanol–water partition coefficient (Wildman–Crippen LogP) is 3.88. The van der Waals surface area contributed by atoms with Crippen molar-refractivity contribution in [3.8, 4) is 5.69 Å². The first-order valence-electron chi connectivity index (χ1n) is 8.78. The van der Waals surface area contributed by atoms with Gasteiger partial charge in [0.2, 0.25) is 0 Å². The maximum absolute atomic E-state index is 13.9. The summed E-state index contributed by atoms with van der Waals surface area (Å²) in [6.45, 7) is 0. The summed E-state index contributed by atoms with van der Waals surface area (Å²) < 4.78 is 28.7. The van der Waals surface area contributed by atoms with Gasteiger partial charge in [-0.1, -0.05) is 29.1 Å². The van der Waals surface area contributed by atoms with Crippen LogP contribution in [0.5, 0.6) is 0 Å². The van der Waals surface area contributed by atoms with Crippen LogP contribution in [0.4, 0.5) is 14.5 Å². The van der Waals surface area contributed by atoms with Crippen molar-refractivity contribution in [3.05, 3.63) is 90.0 Å². The highest BCUT2D eigenvalue weighted by Crippen LogP contribution is 2.24. The molecule has 0 fully saturated rings. The molecule has 0 aliphatic carbocycles. The molecule has 4 aromatic rings. The Morgan fingerprint density at radius 3 is 2.47 bits per heavy atom. The smallest absolute Gasteiger partial charge is 0.278 e. The third-order valence-corrected chi connectivity index (χ3v) is 4.94. The number of para-hydroxylation sites is 1. The number of nitrogens with zero attached hydrogens (tertiary/aromatic N) is 5. The summed E-state index contributed by atoms with van der Waals surface area (Å²) in [7, 11) is 0. The fourth-order valence-electron chi connectivity index (χ4n) is 2.63. The lowest BCUT2D eigenvalue weighted by Crippen LogP contribution is -2.16. The van der Waals surface area contributed by atoms with Crippen molar-refractivity contribution in [2.24, 2.45) is 0 Å². The molecule has 30 heavy (non-hydrogen) atoms. The monoisotopic (exact) mass is 424 g/mol. The maximum Gasteiger partial charge on any atom is 0.278 e. The van der Waals surface area contributed by atoms with E-state index in [2.05, 4.69) is 25.6 Å². The Balaban J connectivity index is 1.67. The zero-order valence-electron chi connectivity index (χ0n) is 15.4. The van der Waals surface area contributed by atoms with Crippen LogP contribution in [0.1, 0.15) is 16.2 Å². The molecular formula is C20H14F2N6OS. The minimum atomic E-state index is -0.613. The zero-order chi connectivity index (χ0) is 20.9. The SMILES string of the molecule is O=C(Nc1ccccc1F)c1nnn(-c2ccc(F)cc2)c1CSc1ncccn1. The van der Waals surface area contributed by atoms with E-state index in [0.29, 0.717) is 16.5 Å². The molecule has 0 spiro atoms.